The van der Waals surface area contributed by atoms with Gasteiger partial charge in [0.15, 0.2) is 0 Å². The maximum Gasteiger partial charge on any atom is 0.237 e. The lowest BCUT2D eigenvalue weighted by atomic mass is 10.2. The van der Waals surface area contributed by atoms with Gasteiger partial charge < -0.3 is 5.32 Å². The second kappa shape index (κ2) is 7.59. The van der Waals surface area contributed by atoms with Crippen LogP contribution in [0.4, 0.5) is 0 Å². The first-order valence-corrected chi connectivity index (χ1v) is 8.19. The molecule has 1 aliphatic carbocycles. The van der Waals surface area contributed by atoms with Crippen LogP contribution in [0.25, 0.3) is 0 Å². The summed E-state index contributed by atoms with van der Waals surface area (Å²) in [5.41, 5.74) is 1.17. The highest BCUT2D eigenvalue weighted by molar-refractivity contribution is 5.81. The second-order valence-corrected chi connectivity index (χ2v) is 5.93. The number of carbonyl (C=O) groups excluding carboxylic acids is 1. The Morgan fingerprint density at radius 3 is 2.76 bits per heavy atom. The van der Waals surface area contributed by atoms with Gasteiger partial charge in [-0.15, -0.1) is 0 Å². The van der Waals surface area contributed by atoms with Crippen molar-refractivity contribution in [2.24, 2.45) is 0 Å². The Hall–Kier alpha value is -1.36. The van der Waals surface area contributed by atoms with Crippen LogP contribution in [0, 0.1) is 0 Å². The van der Waals surface area contributed by atoms with E-state index in [-0.39, 0.29) is 11.9 Å². The minimum absolute atomic E-state index is 0.0967. The van der Waals surface area contributed by atoms with Gasteiger partial charge in [0.1, 0.15) is 0 Å². The lowest BCUT2D eigenvalue weighted by Crippen LogP contribution is -2.47. The van der Waals surface area contributed by atoms with Gasteiger partial charge in [-0.05, 0) is 33.2 Å². The highest BCUT2D eigenvalue weighted by Gasteiger charge is 2.24. The fourth-order valence-electron chi connectivity index (χ4n) is 2.98. The van der Waals surface area contributed by atoms with E-state index in [4.69, 9.17) is 0 Å². The number of aryl methyl sites for hydroxylation is 1. The molecule has 5 nitrogen and oxygen atoms in total. The van der Waals surface area contributed by atoms with Crippen LogP contribution >= 0.6 is 0 Å². The van der Waals surface area contributed by atoms with Crippen LogP contribution in [-0.2, 0) is 17.9 Å². The van der Waals surface area contributed by atoms with Gasteiger partial charge in [-0.2, -0.15) is 5.10 Å². The molecule has 1 saturated carbocycles. The first-order chi connectivity index (χ1) is 10.1. The van der Waals surface area contributed by atoms with Crippen LogP contribution in [0.5, 0.6) is 0 Å². The number of amides is 1. The van der Waals surface area contributed by atoms with Gasteiger partial charge in [0, 0.05) is 30.9 Å². The van der Waals surface area contributed by atoms with E-state index in [1.54, 1.807) is 0 Å². The first-order valence-electron chi connectivity index (χ1n) is 8.19. The van der Waals surface area contributed by atoms with Gasteiger partial charge >= 0.3 is 0 Å². The van der Waals surface area contributed by atoms with E-state index < -0.39 is 0 Å². The Balaban J connectivity index is 1.90. The van der Waals surface area contributed by atoms with Crippen LogP contribution in [0.1, 0.15) is 52.0 Å². The molecule has 0 aromatic carbocycles. The van der Waals surface area contributed by atoms with E-state index in [2.05, 4.69) is 35.4 Å². The summed E-state index contributed by atoms with van der Waals surface area (Å²) in [5, 5.41) is 7.49. The molecular weight excluding hydrogens is 264 g/mol. The molecule has 0 aliphatic heterocycles. The van der Waals surface area contributed by atoms with Crippen LogP contribution < -0.4 is 5.32 Å². The molecule has 1 fully saturated rings. The normalized spacial score (nSPS) is 17.3. The van der Waals surface area contributed by atoms with Crippen molar-refractivity contribution in [1.82, 2.24) is 20.0 Å². The monoisotopic (exact) mass is 292 g/mol. The van der Waals surface area contributed by atoms with Crippen molar-refractivity contribution in [2.75, 3.05) is 6.54 Å². The number of nitrogens with zero attached hydrogens (tertiary/aromatic N) is 3. The zero-order chi connectivity index (χ0) is 15.2. The predicted octanol–water partition coefficient (Wildman–Crippen LogP) is 2.17. The molecule has 1 aromatic rings. The molecule has 0 saturated heterocycles. The Kier molecular flexibility index (Phi) is 5.79. The van der Waals surface area contributed by atoms with Crippen molar-refractivity contribution in [3.05, 3.63) is 18.0 Å². The van der Waals surface area contributed by atoms with Gasteiger partial charge in [-0.3, -0.25) is 14.4 Å². The predicted molar refractivity (Wildman–Crippen MR) is 83.8 cm³/mol. The number of hydrogen-bond acceptors (Lipinski definition) is 3. The molecule has 1 aromatic heterocycles. The zero-order valence-electron chi connectivity index (χ0n) is 13.5. The summed E-state index contributed by atoms with van der Waals surface area (Å²) >= 11 is 0. The van der Waals surface area contributed by atoms with Crippen LogP contribution in [0.3, 0.4) is 0 Å². The summed E-state index contributed by atoms with van der Waals surface area (Å²) in [4.78, 5) is 14.6. The number of rotatable bonds is 7. The standard InChI is InChI=1S/C16H28N4O/c1-4-19(11-14-10-17-20(5-2)12-14)13(3)16(21)18-15-8-6-7-9-15/h10,12-13,15H,4-9,11H2,1-3H3,(H,18,21)/t13-/m0/s1. The van der Waals surface area contributed by atoms with Crippen molar-refractivity contribution >= 4 is 5.91 Å². The number of likely N-dealkylation sites (N-methyl/N-ethyl adjacent to an activating group) is 1. The Bertz CT molecular complexity index is 451. The van der Waals surface area contributed by atoms with E-state index in [0.717, 1.165) is 32.5 Å². The molecular formula is C16H28N4O. The van der Waals surface area contributed by atoms with Gasteiger partial charge in [0.05, 0.1) is 12.2 Å². The summed E-state index contributed by atoms with van der Waals surface area (Å²) in [6.07, 6.45) is 8.71. The zero-order valence-corrected chi connectivity index (χ0v) is 13.5. The molecule has 1 amide bonds. The Morgan fingerprint density at radius 1 is 1.48 bits per heavy atom. The molecule has 21 heavy (non-hydrogen) atoms. The second-order valence-electron chi connectivity index (χ2n) is 5.93. The lowest BCUT2D eigenvalue weighted by molar-refractivity contribution is -0.126. The number of hydrogen-bond donors (Lipinski definition) is 1. The summed E-state index contributed by atoms with van der Waals surface area (Å²) in [5.74, 6) is 0.159. The summed E-state index contributed by atoms with van der Waals surface area (Å²) in [6, 6.07) is 0.294. The average Bonchev–Trinajstić information content (AvgIpc) is 3.15. The molecule has 0 bridgehead atoms. The van der Waals surface area contributed by atoms with E-state index in [1.165, 1.54) is 18.4 Å². The molecule has 0 unspecified atom stereocenters. The SMILES string of the molecule is CCN(Cc1cnn(CC)c1)[C@@H](C)C(=O)NC1CCCC1. The van der Waals surface area contributed by atoms with E-state index in [1.807, 2.05) is 17.8 Å². The first kappa shape index (κ1) is 16.0. The Labute approximate surface area is 127 Å². The highest BCUT2D eigenvalue weighted by atomic mass is 16.2. The molecule has 118 valence electrons. The molecule has 2 rings (SSSR count). The van der Waals surface area contributed by atoms with E-state index in [0.29, 0.717) is 6.04 Å². The third kappa shape index (κ3) is 4.30. The van der Waals surface area contributed by atoms with Crippen molar-refractivity contribution in [3.63, 3.8) is 0 Å². The van der Waals surface area contributed by atoms with Gasteiger partial charge in [0.25, 0.3) is 0 Å². The summed E-state index contributed by atoms with van der Waals surface area (Å²) in [6.45, 7) is 8.68. The molecule has 5 heteroatoms. The smallest absolute Gasteiger partial charge is 0.237 e. The molecule has 1 atom stereocenters. The van der Waals surface area contributed by atoms with Crippen molar-refractivity contribution in [3.8, 4) is 0 Å². The van der Waals surface area contributed by atoms with E-state index in [9.17, 15) is 4.79 Å². The van der Waals surface area contributed by atoms with Crippen molar-refractivity contribution in [2.45, 2.75) is 71.6 Å². The lowest BCUT2D eigenvalue weighted by Gasteiger charge is -2.27. The van der Waals surface area contributed by atoms with E-state index >= 15 is 0 Å². The van der Waals surface area contributed by atoms with Crippen LogP contribution in [0.2, 0.25) is 0 Å². The third-order valence-electron chi connectivity index (χ3n) is 4.43. The largest absolute Gasteiger partial charge is 0.352 e. The van der Waals surface area contributed by atoms with Crippen molar-refractivity contribution < 1.29 is 4.79 Å². The quantitative estimate of drug-likeness (QED) is 0.838. The molecule has 0 spiro atoms. The fraction of sp³-hybridized carbons (Fsp3) is 0.750. The van der Waals surface area contributed by atoms with Gasteiger partial charge in [0.2, 0.25) is 5.91 Å². The maximum absolute atomic E-state index is 12.4. The number of aromatic nitrogens is 2. The van der Waals surface area contributed by atoms with Gasteiger partial charge in [-0.1, -0.05) is 19.8 Å². The van der Waals surface area contributed by atoms with Crippen LogP contribution in [-0.4, -0.2) is 39.2 Å². The topological polar surface area (TPSA) is 50.2 Å². The maximum atomic E-state index is 12.4. The van der Waals surface area contributed by atoms with Gasteiger partial charge in [-0.25, -0.2) is 0 Å². The number of nitrogens with one attached hydrogen (secondary N) is 1. The summed E-state index contributed by atoms with van der Waals surface area (Å²) in [7, 11) is 0. The highest BCUT2D eigenvalue weighted by Crippen LogP contribution is 2.18. The molecule has 0 radical (unpaired) electrons. The summed E-state index contributed by atoms with van der Waals surface area (Å²) < 4.78 is 1.92. The molecule has 1 aliphatic rings. The average molecular weight is 292 g/mol. The minimum Gasteiger partial charge on any atom is -0.352 e. The molecule has 1 N–H and O–H groups in total. The minimum atomic E-state index is -0.0967. The Morgan fingerprint density at radius 2 is 2.19 bits per heavy atom. The third-order valence-corrected chi connectivity index (χ3v) is 4.43. The molecule has 1 heterocycles. The fourth-order valence-corrected chi connectivity index (χ4v) is 2.98. The van der Waals surface area contributed by atoms with Crippen LogP contribution in [0.15, 0.2) is 12.4 Å². The van der Waals surface area contributed by atoms with Crippen molar-refractivity contribution in [1.29, 1.82) is 0 Å². The number of carbonyl (C=O) groups is 1.